The lowest BCUT2D eigenvalue weighted by Crippen LogP contribution is -2.43. The molecule has 3 heterocycles. The second-order valence-corrected chi connectivity index (χ2v) is 7.79. The van der Waals surface area contributed by atoms with E-state index in [1.807, 2.05) is 10.7 Å². The molecule has 1 aromatic heterocycles. The van der Waals surface area contributed by atoms with Gasteiger partial charge < -0.3 is 10.2 Å². The minimum Gasteiger partial charge on any atom is -0.307 e. The summed E-state index contributed by atoms with van der Waals surface area (Å²) < 4.78 is 1.92. The lowest BCUT2D eigenvalue weighted by atomic mass is 10.0. The Morgan fingerprint density at radius 3 is 2.69 bits per heavy atom. The van der Waals surface area contributed by atoms with Crippen molar-refractivity contribution < 1.29 is 0 Å². The summed E-state index contributed by atoms with van der Waals surface area (Å²) in [5.74, 6) is 0. The summed E-state index contributed by atoms with van der Waals surface area (Å²) in [4.78, 5) is 5.14. The van der Waals surface area contributed by atoms with Crippen LogP contribution in [0.15, 0.2) is 36.5 Å². The van der Waals surface area contributed by atoms with E-state index in [1.54, 1.807) is 0 Å². The van der Waals surface area contributed by atoms with Gasteiger partial charge in [-0.2, -0.15) is 0 Å². The van der Waals surface area contributed by atoms with Crippen LogP contribution < -0.4 is 5.32 Å². The number of likely N-dealkylation sites (tertiary alicyclic amines) is 2. The van der Waals surface area contributed by atoms with Gasteiger partial charge in [-0.05, 0) is 45.0 Å². The summed E-state index contributed by atoms with van der Waals surface area (Å²) in [6.07, 6.45) is 5.93. The van der Waals surface area contributed by atoms with Crippen molar-refractivity contribution in [1.29, 1.82) is 0 Å². The Labute approximate surface area is 156 Å². The molecular weight excluding hydrogens is 324 g/mol. The molecule has 0 bridgehead atoms. The summed E-state index contributed by atoms with van der Waals surface area (Å²) in [5, 5.41) is 12.3. The van der Waals surface area contributed by atoms with Gasteiger partial charge in [0.15, 0.2) is 0 Å². The first-order chi connectivity index (χ1) is 12.8. The van der Waals surface area contributed by atoms with Crippen LogP contribution in [0.25, 0.3) is 0 Å². The zero-order valence-corrected chi connectivity index (χ0v) is 15.7. The molecule has 6 nitrogen and oxygen atoms in total. The molecule has 1 unspecified atom stereocenters. The largest absolute Gasteiger partial charge is 0.307 e. The number of nitrogens with zero attached hydrogens (tertiary/aromatic N) is 5. The van der Waals surface area contributed by atoms with E-state index in [0.29, 0.717) is 6.04 Å². The lowest BCUT2D eigenvalue weighted by Gasteiger charge is -2.35. The summed E-state index contributed by atoms with van der Waals surface area (Å²) >= 11 is 0. The molecule has 2 aliphatic rings. The summed E-state index contributed by atoms with van der Waals surface area (Å²) in [5.41, 5.74) is 2.28. The number of hydrogen-bond donors (Lipinski definition) is 1. The Balaban J connectivity index is 1.22. The molecular formula is C20H30N6. The topological polar surface area (TPSA) is 49.2 Å². The van der Waals surface area contributed by atoms with Crippen molar-refractivity contribution in [1.82, 2.24) is 30.1 Å². The summed E-state index contributed by atoms with van der Waals surface area (Å²) in [6, 6.07) is 11.8. The molecule has 26 heavy (non-hydrogen) atoms. The standard InChI is InChI=1S/C20H30N6/c1-24-10-8-20(9-11-24)25-12-7-18(15-25)21-13-19-16-26(23-22-19)14-17-5-3-2-4-6-17/h2-6,16,18,20-21H,7-15H2,1H3. The molecule has 2 aromatic rings. The highest BCUT2D eigenvalue weighted by molar-refractivity contribution is 5.14. The SMILES string of the molecule is CN1CCC(N2CCC(NCc3cn(Cc4ccccc4)nn3)C2)CC1. The van der Waals surface area contributed by atoms with E-state index in [9.17, 15) is 0 Å². The van der Waals surface area contributed by atoms with E-state index in [0.717, 1.165) is 24.8 Å². The third-order valence-corrected chi connectivity index (χ3v) is 5.77. The van der Waals surface area contributed by atoms with Gasteiger partial charge in [0, 0.05) is 31.7 Å². The highest BCUT2D eigenvalue weighted by Crippen LogP contribution is 2.21. The van der Waals surface area contributed by atoms with Crippen molar-refractivity contribution in [3.05, 3.63) is 47.8 Å². The first-order valence-electron chi connectivity index (χ1n) is 9.85. The Morgan fingerprint density at radius 2 is 1.88 bits per heavy atom. The number of hydrogen-bond acceptors (Lipinski definition) is 5. The van der Waals surface area contributed by atoms with Crippen LogP contribution in [0.1, 0.15) is 30.5 Å². The van der Waals surface area contributed by atoms with Gasteiger partial charge in [0.25, 0.3) is 0 Å². The maximum atomic E-state index is 4.32. The maximum absolute atomic E-state index is 4.32. The number of nitrogens with one attached hydrogen (secondary N) is 1. The van der Waals surface area contributed by atoms with Crippen LogP contribution in [0, 0.1) is 0 Å². The van der Waals surface area contributed by atoms with Crippen LogP contribution >= 0.6 is 0 Å². The lowest BCUT2D eigenvalue weighted by molar-refractivity contribution is 0.141. The zero-order chi connectivity index (χ0) is 17.8. The Hall–Kier alpha value is -1.76. The summed E-state index contributed by atoms with van der Waals surface area (Å²) in [7, 11) is 2.23. The molecule has 1 atom stereocenters. The fourth-order valence-electron chi connectivity index (χ4n) is 4.16. The Morgan fingerprint density at radius 1 is 1.08 bits per heavy atom. The maximum Gasteiger partial charge on any atom is 0.0965 e. The van der Waals surface area contributed by atoms with E-state index in [1.165, 1.54) is 51.0 Å². The van der Waals surface area contributed by atoms with Crippen molar-refractivity contribution in [2.45, 2.75) is 44.4 Å². The van der Waals surface area contributed by atoms with Crippen molar-refractivity contribution in [3.8, 4) is 0 Å². The predicted molar refractivity (Wildman–Crippen MR) is 103 cm³/mol. The molecule has 4 rings (SSSR count). The van der Waals surface area contributed by atoms with Crippen LogP contribution in [-0.4, -0.2) is 70.1 Å². The van der Waals surface area contributed by atoms with Crippen LogP contribution in [0.4, 0.5) is 0 Å². The molecule has 140 valence electrons. The molecule has 2 saturated heterocycles. The minimum absolute atomic E-state index is 0.578. The Bertz CT molecular complexity index is 677. The monoisotopic (exact) mass is 354 g/mol. The third-order valence-electron chi connectivity index (χ3n) is 5.77. The van der Waals surface area contributed by atoms with E-state index in [-0.39, 0.29) is 0 Å². The summed E-state index contributed by atoms with van der Waals surface area (Å²) in [6.45, 7) is 6.47. The first kappa shape index (κ1) is 17.6. The fraction of sp³-hybridized carbons (Fsp3) is 0.600. The van der Waals surface area contributed by atoms with Gasteiger partial charge in [-0.15, -0.1) is 5.10 Å². The van der Waals surface area contributed by atoms with E-state index in [2.05, 4.69) is 62.9 Å². The number of aromatic nitrogens is 3. The minimum atomic E-state index is 0.578. The van der Waals surface area contributed by atoms with Gasteiger partial charge in [0.05, 0.1) is 18.4 Å². The third kappa shape index (κ3) is 4.50. The molecule has 1 aromatic carbocycles. The first-order valence-corrected chi connectivity index (χ1v) is 9.85. The zero-order valence-electron chi connectivity index (χ0n) is 15.7. The van der Waals surface area contributed by atoms with Crippen molar-refractivity contribution >= 4 is 0 Å². The van der Waals surface area contributed by atoms with Crippen molar-refractivity contribution in [3.63, 3.8) is 0 Å². The smallest absolute Gasteiger partial charge is 0.0965 e. The van der Waals surface area contributed by atoms with Crippen molar-refractivity contribution in [2.24, 2.45) is 0 Å². The van der Waals surface area contributed by atoms with Gasteiger partial charge in [-0.25, -0.2) is 4.68 Å². The quantitative estimate of drug-likeness (QED) is 0.854. The molecule has 0 aliphatic carbocycles. The molecule has 0 saturated carbocycles. The second-order valence-electron chi connectivity index (χ2n) is 7.79. The molecule has 2 aliphatic heterocycles. The van der Waals surface area contributed by atoms with Crippen LogP contribution in [0.5, 0.6) is 0 Å². The normalized spacial score (nSPS) is 22.9. The second kappa shape index (κ2) is 8.29. The molecule has 1 N–H and O–H groups in total. The predicted octanol–water partition coefficient (Wildman–Crippen LogP) is 1.58. The van der Waals surface area contributed by atoms with E-state index in [4.69, 9.17) is 0 Å². The van der Waals surface area contributed by atoms with Gasteiger partial charge in [0.2, 0.25) is 0 Å². The average Bonchev–Trinajstić information content (AvgIpc) is 3.31. The number of benzene rings is 1. The van der Waals surface area contributed by atoms with Crippen LogP contribution in [0.3, 0.4) is 0 Å². The van der Waals surface area contributed by atoms with Crippen LogP contribution in [-0.2, 0) is 13.1 Å². The van der Waals surface area contributed by atoms with E-state index < -0.39 is 0 Å². The molecule has 0 amide bonds. The highest BCUT2D eigenvalue weighted by atomic mass is 15.4. The van der Waals surface area contributed by atoms with Gasteiger partial charge in [0.1, 0.15) is 0 Å². The van der Waals surface area contributed by atoms with Gasteiger partial charge in [-0.1, -0.05) is 35.5 Å². The highest BCUT2D eigenvalue weighted by Gasteiger charge is 2.29. The molecule has 0 spiro atoms. The molecule has 0 radical (unpaired) electrons. The van der Waals surface area contributed by atoms with Gasteiger partial charge >= 0.3 is 0 Å². The molecule has 6 heteroatoms. The van der Waals surface area contributed by atoms with Crippen LogP contribution in [0.2, 0.25) is 0 Å². The number of piperidine rings is 1. The average molecular weight is 355 g/mol. The Kier molecular flexibility index (Phi) is 5.62. The number of rotatable bonds is 6. The van der Waals surface area contributed by atoms with E-state index >= 15 is 0 Å². The van der Waals surface area contributed by atoms with Crippen molar-refractivity contribution in [2.75, 3.05) is 33.2 Å². The fourth-order valence-corrected chi connectivity index (χ4v) is 4.16. The molecule has 2 fully saturated rings. The van der Waals surface area contributed by atoms with Gasteiger partial charge in [-0.3, -0.25) is 4.90 Å².